The van der Waals surface area contributed by atoms with Crippen molar-refractivity contribution in [2.75, 3.05) is 26.2 Å². The molecule has 0 spiro atoms. The first-order valence-electron chi connectivity index (χ1n) is 8.83. The van der Waals surface area contributed by atoms with E-state index in [1.165, 1.54) is 51.9 Å². The molecule has 4 rings (SSSR count). The highest BCUT2D eigenvalue weighted by molar-refractivity contribution is 5.83. The summed E-state index contributed by atoms with van der Waals surface area (Å²) in [6.07, 6.45) is 10.2. The van der Waals surface area contributed by atoms with Gasteiger partial charge >= 0.3 is 0 Å². The molecule has 2 saturated heterocycles. The van der Waals surface area contributed by atoms with Crippen LogP contribution in [0, 0.1) is 11.8 Å². The molecule has 0 aromatic rings. The SMILES string of the molecule is O=C(C1CCN(C2CC2)CC1)C1CCN(C2CC2)CC1. The first-order chi connectivity index (χ1) is 9.81. The fraction of sp³-hybridized carbons (Fsp3) is 0.941. The molecule has 2 heterocycles. The summed E-state index contributed by atoms with van der Waals surface area (Å²) in [7, 11) is 0. The zero-order valence-corrected chi connectivity index (χ0v) is 12.6. The van der Waals surface area contributed by atoms with Gasteiger partial charge in [-0.3, -0.25) is 4.79 Å². The van der Waals surface area contributed by atoms with Crippen molar-refractivity contribution in [1.82, 2.24) is 9.80 Å². The normalized spacial score (nSPS) is 31.6. The Morgan fingerprint density at radius 3 is 1.25 bits per heavy atom. The molecule has 112 valence electrons. The molecule has 3 nitrogen and oxygen atoms in total. The minimum Gasteiger partial charge on any atom is -0.300 e. The summed E-state index contributed by atoms with van der Waals surface area (Å²) >= 11 is 0. The Kier molecular flexibility index (Phi) is 3.59. The lowest BCUT2D eigenvalue weighted by Crippen LogP contribution is -2.42. The van der Waals surface area contributed by atoms with Crippen molar-refractivity contribution in [3.05, 3.63) is 0 Å². The number of hydrogen-bond donors (Lipinski definition) is 0. The molecule has 0 atom stereocenters. The Hall–Kier alpha value is -0.410. The molecule has 0 aromatic heterocycles. The van der Waals surface area contributed by atoms with Gasteiger partial charge in [0.25, 0.3) is 0 Å². The van der Waals surface area contributed by atoms with Gasteiger partial charge in [0.15, 0.2) is 0 Å². The van der Waals surface area contributed by atoms with Crippen molar-refractivity contribution in [1.29, 1.82) is 0 Å². The Morgan fingerprint density at radius 2 is 0.950 bits per heavy atom. The van der Waals surface area contributed by atoms with E-state index < -0.39 is 0 Å². The number of ketones is 1. The van der Waals surface area contributed by atoms with E-state index in [0.717, 1.165) is 37.8 Å². The van der Waals surface area contributed by atoms with Crippen LogP contribution < -0.4 is 0 Å². The maximum absolute atomic E-state index is 12.7. The van der Waals surface area contributed by atoms with Crippen molar-refractivity contribution in [2.45, 2.75) is 63.5 Å². The molecule has 4 fully saturated rings. The number of hydrogen-bond acceptors (Lipinski definition) is 3. The number of carbonyl (C=O) groups is 1. The highest BCUT2D eigenvalue weighted by Gasteiger charge is 2.38. The van der Waals surface area contributed by atoms with E-state index in [1.807, 2.05) is 0 Å². The van der Waals surface area contributed by atoms with E-state index in [1.54, 1.807) is 0 Å². The second-order valence-electron chi connectivity index (χ2n) is 7.49. The van der Waals surface area contributed by atoms with Gasteiger partial charge in [-0.25, -0.2) is 0 Å². The molecule has 2 aliphatic carbocycles. The molecule has 2 saturated carbocycles. The molecule has 0 aromatic carbocycles. The fourth-order valence-electron chi connectivity index (χ4n) is 4.31. The van der Waals surface area contributed by atoms with Crippen LogP contribution in [0.3, 0.4) is 0 Å². The van der Waals surface area contributed by atoms with Crippen molar-refractivity contribution in [3.63, 3.8) is 0 Å². The van der Waals surface area contributed by atoms with Crippen molar-refractivity contribution in [3.8, 4) is 0 Å². The lowest BCUT2D eigenvalue weighted by Gasteiger charge is -2.36. The summed E-state index contributed by atoms with van der Waals surface area (Å²) in [6.45, 7) is 4.73. The number of piperidine rings is 2. The van der Waals surface area contributed by atoms with Crippen molar-refractivity contribution < 1.29 is 4.79 Å². The second-order valence-corrected chi connectivity index (χ2v) is 7.49. The Morgan fingerprint density at radius 1 is 0.600 bits per heavy atom. The number of likely N-dealkylation sites (tertiary alicyclic amines) is 2. The molecular weight excluding hydrogens is 248 g/mol. The van der Waals surface area contributed by atoms with Crippen molar-refractivity contribution in [2.24, 2.45) is 11.8 Å². The fourth-order valence-corrected chi connectivity index (χ4v) is 4.31. The highest BCUT2D eigenvalue weighted by Crippen LogP contribution is 2.35. The summed E-state index contributed by atoms with van der Waals surface area (Å²) < 4.78 is 0. The maximum Gasteiger partial charge on any atom is 0.139 e. The molecule has 20 heavy (non-hydrogen) atoms. The zero-order chi connectivity index (χ0) is 13.5. The van der Waals surface area contributed by atoms with Crippen LogP contribution in [0.2, 0.25) is 0 Å². The minimum absolute atomic E-state index is 0.391. The van der Waals surface area contributed by atoms with Gasteiger partial charge in [-0.2, -0.15) is 0 Å². The lowest BCUT2D eigenvalue weighted by molar-refractivity contribution is -0.129. The van der Waals surface area contributed by atoms with E-state index >= 15 is 0 Å². The van der Waals surface area contributed by atoms with E-state index in [9.17, 15) is 4.79 Å². The van der Waals surface area contributed by atoms with E-state index in [-0.39, 0.29) is 0 Å². The summed E-state index contributed by atoms with van der Waals surface area (Å²) in [4.78, 5) is 17.9. The van der Waals surface area contributed by atoms with Crippen LogP contribution in [0.25, 0.3) is 0 Å². The largest absolute Gasteiger partial charge is 0.300 e. The Bertz CT molecular complexity index is 325. The molecular formula is C17H28N2O. The van der Waals surface area contributed by atoms with Crippen LogP contribution in [-0.4, -0.2) is 53.8 Å². The van der Waals surface area contributed by atoms with Crippen molar-refractivity contribution >= 4 is 5.78 Å². The maximum atomic E-state index is 12.7. The summed E-state index contributed by atoms with van der Waals surface area (Å²) in [6, 6.07) is 1.76. The van der Waals surface area contributed by atoms with Crippen LogP contribution in [0.5, 0.6) is 0 Å². The molecule has 0 amide bonds. The van der Waals surface area contributed by atoms with Gasteiger partial charge in [-0.15, -0.1) is 0 Å². The molecule has 0 radical (unpaired) electrons. The third-order valence-electron chi connectivity index (χ3n) is 5.99. The molecule has 0 N–H and O–H groups in total. The van der Waals surface area contributed by atoms with E-state index in [0.29, 0.717) is 17.6 Å². The van der Waals surface area contributed by atoms with Crippen LogP contribution in [0.4, 0.5) is 0 Å². The lowest BCUT2D eigenvalue weighted by atomic mass is 9.81. The van der Waals surface area contributed by atoms with Gasteiger partial charge in [0.2, 0.25) is 0 Å². The molecule has 3 heteroatoms. The average molecular weight is 276 g/mol. The van der Waals surface area contributed by atoms with Crippen LogP contribution in [0.1, 0.15) is 51.4 Å². The van der Waals surface area contributed by atoms with E-state index in [4.69, 9.17) is 0 Å². The topological polar surface area (TPSA) is 23.6 Å². The first kappa shape index (κ1) is 13.3. The zero-order valence-electron chi connectivity index (χ0n) is 12.6. The number of Topliss-reactive ketones (excluding diaryl/α,β-unsaturated/α-hetero) is 1. The molecule has 0 bridgehead atoms. The third-order valence-corrected chi connectivity index (χ3v) is 5.99. The standard InChI is InChI=1S/C17H28N2O/c20-17(13-5-9-18(10-6-13)15-1-2-15)14-7-11-19(12-8-14)16-3-4-16/h13-16H,1-12H2. The summed E-state index contributed by atoms with van der Waals surface area (Å²) in [5.74, 6) is 1.40. The highest BCUT2D eigenvalue weighted by atomic mass is 16.1. The number of rotatable bonds is 4. The third kappa shape index (κ3) is 2.80. The molecule has 2 aliphatic heterocycles. The van der Waals surface area contributed by atoms with Gasteiger partial charge < -0.3 is 9.80 Å². The number of carbonyl (C=O) groups excluding carboxylic acids is 1. The molecule has 4 aliphatic rings. The van der Waals surface area contributed by atoms with Gasteiger partial charge in [0, 0.05) is 23.9 Å². The average Bonchev–Trinajstić information content (AvgIpc) is 3.40. The summed E-state index contributed by atoms with van der Waals surface area (Å²) in [5, 5.41) is 0. The molecule has 0 unspecified atom stereocenters. The van der Waals surface area contributed by atoms with Crippen LogP contribution in [0.15, 0.2) is 0 Å². The minimum atomic E-state index is 0.391. The first-order valence-corrected chi connectivity index (χ1v) is 8.83. The quantitative estimate of drug-likeness (QED) is 0.787. The Labute approximate surface area is 122 Å². The van der Waals surface area contributed by atoms with Gasteiger partial charge in [-0.1, -0.05) is 0 Å². The van der Waals surface area contributed by atoms with Gasteiger partial charge in [0.05, 0.1) is 0 Å². The second kappa shape index (κ2) is 5.42. The monoisotopic (exact) mass is 276 g/mol. The van der Waals surface area contributed by atoms with Gasteiger partial charge in [0.1, 0.15) is 5.78 Å². The smallest absolute Gasteiger partial charge is 0.139 e. The van der Waals surface area contributed by atoms with Gasteiger partial charge in [-0.05, 0) is 77.5 Å². The predicted molar refractivity (Wildman–Crippen MR) is 79.6 cm³/mol. The van der Waals surface area contributed by atoms with Crippen LogP contribution >= 0.6 is 0 Å². The van der Waals surface area contributed by atoms with E-state index in [2.05, 4.69) is 9.80 Å². The predicted octanol–water partition coefficient (Wildman–Crippen LogP) is 2.30. The number of nitrogens with zero attached hydrogens (tertiary/aromatic N) is 2. The Balaban J connectivity index is 1.25. The van der Waals surface area contributed by atoms with Crippen LogP contribution in [-0.2, 0) is 4.79 Å². The summed E-state index contributed by atoms with van der Waals surface area (Å²) in [5.41, 5.74) is 0.